The minimum Gasteiger partial charge on any atom is -0.341 e. The number of nitrogens with zero attached hydrogens (tertiary/aromatic N) is 1. The molecule has 1 heterocycles. The van der Waals surface area contributed by atoms with E-state index in [9.17, 15) is 0 Å². The molecule has 84 valence electrons. The van der Waals surface area contributed by atoms with Gasteiger partial charge < -0.3 is 13.2 Å². The highest BCUT2D eigenvalue weighted by molar-refractivity contribution is 9.23. The molecule has 0 amide bonds. The van der Waals surface area contributed by atoms with Crippen LogP contribution in [0.4, 0.5) is 0 Å². The Kier molecular flexibility index (Phi) is 3.71. The van der Waals surface area contributed by atoms with E-state index in [0.717, 1.165) is 0 Å². The average molecular weight is 329 g/mol. The van der Waals surface area contributed by atoms with Gasteiger partial charge >= 0.3 is 0 Å². The maximum atomic E-state index is 3.92. The molecule has 0 unspecified atom stereocenters. The Morgan fingerprint density at radius 1 is 0.929 bits per heavy atom. The Morgan fingerprint density at radius 3 is 1.57 bits per heavy atom. The summed E-state index contributed by atoms with van der Waals surface area (Å²) in [5, 5.41) is 0. The molecule has 1 aliphatic heterocycles. The van der Waals surface area contributed by atoms with Crippen LogP contribution in [0.5, 0.6) is 0 Å². The van der Waals surface area contributed by atoms with E-state index in [1.807, 2.05) is 0 Å². The molecule has 0 bridgehead atoms. The first kappa shape index (κ1) is 13.3. The van der Waals surface area contributed by atoms with Gasteiger partial charge in [-0.05, 0) is 39.3 Å². The molecule has 2 N–H and O–H groups in total. The minimum absolute atomic E-state index is 0.222. The van der Waals surface area contributed by atoms with Crippen molar-refractivity contribution in [2.45, 2.75) is 39.3 Å². The van der Waals surface area contributed by atoms with E-state index in [-0.39, 0.29) is 8.30 Å². The monoisotopic (exact) mass is 327 g/mol. The van der Waals surface area contributed by atoms with Crippen LogP contribution in [0.25, 0.3) is 0 Å². The minimum atomic E-state index is -1.34. The molecule has 0 aliphatic carbocycles. The second-order valence-corrected chi connectivity index (χ2v) is 22.2. The van der Waals surface area contributed by atoms with Gasteiger partial charge in [-0.1, -0.05) is 0 Å². The predicted octanol–water partition coefficient (Wildman–Crippen LogP) is 0.980. The number of halogens is 1. The number of rotatable bonds is 1. The maximum absolute atomic E-state index is 3.92. The lowest BCUT2D eigenvalue weighted by atomic mass is 11.9. The summed E-state index contributed by atoms with van der Waals surface area (Å²) in [7, 11) is -4.22. The van der Waals surface area contributed by atoms with E-state index in [2.05, 4.69) is 67.8 Å². The van der Waals surface area contributed by atoms with Crippen LogP contribution in [-0.2, 0) is 0 Å². The summed E-state index contributed by atoms with van der Waals surface area (Å²) >= 11 is 3.77. The largest absolute Gasteiger partial charge is 0.341 e. The van der Waals surface area contributed by atoms with Crippen molar-refractivity contribution in [1.82, 2.24) is 13.2 Å². The molecule has 0 aromatic carbocycles. The highest BCUT2D eigenvalue weighted by Gasteiger charge is 2.50. The van der Waals surface area contributed by atoms with Crippen molar-refractivity contribution in [3.63, 3.8) is 0 Å². The molecule has 0 aromatic heterocycles. The van der Waals surface area contributed by atoms with Crippen LogP contribution in [0.2, 0.25) is 39.3 Å². The second kappa shape index (κ2) is 3.91. The van der Waals surface area contributed by atoms with E-state index in [1.54, 1.807) is 0 Å². The highest BCUT2D eigenvalue weighted by atomic mass is 79.9. The molecule has 1 rings (SSSR count). The van der Waals surface area contributed by atoms with Gasteiger partial charge in [0.1, 0.15) is 0 Å². The quantitative estimate of drug-likeness (QED) is 0.555. The topological polar surface area (TPSA) is 27.3 Å². The normalized spacial score (nSPS) is 31.1. The summed E-state index contributed by atoms with van der Waals surface area (Å²) in [6.45, 7) is 14.6. The van der Waals surface area contributed by atoms with Gasteiger partial charge in [0.05, 0.1) is 0 Å². The summed E-state index contributed by atoms with van der Waals surface area (Å²) in [4.78, 5) is 0. The Bertz CT molecular complexity index is 213. The zero-order chi connectivity index (χ0) is 11.2. The average Bonchev–Trinajstić information content (AvgIpc) is 1.76. The molecule has 0 atom stereocenters. The number of hydrogen-bond donors (Lipinski definition) is 2. The zero-order valence-corrected chi connectivity index (χ0v) is 16.0. The van der Waals surface area contributed by atoms with Gasteiger partial charge in [-0.3, -0.25) is 0 Å². The van der Waals surface area contributed by atoms with E-state index in [4.69, 9.17) is 0 Å². The van der Waals surface area contributed by atoms with Crippen molar-refractivity contribution in [2.24, 2.45) is 0 Å². The van der Waals surface area contributed by atoms with Gasteiger partial charge in [0, 0.05) is 0 Å². The van der Waals surface area contributed by atoms with Crippen LogP contribution in [-0.4, -0.2) is 37.4 Å². The fourth-order valence-corrected chi connectivity index (χ4v) is 38.5. The molecule has 14 heavy (non-hydrogen) atoms. The Balaban J connectivity index is 2.99. The van der Waals surface area contributed by atoms with Crippen LogP contribution in [0.1, 0.15) is 0 Å². The third kappa shape index (κ3) is 2.67. The van der Waals surface area contributed by atoms with Crippen LogP contribution < -0.4 is 9.30 Å². The summed E-state index contributed by atoms with van der Waals surface area (Å²) in [5.74, 6) is 0. The van der Waals surface area contributed by atoms with Gasteiger partial charge in [-0.15, -0.1) is 15.3 Å². The van der Waals surface area contributed by atoms with E-state index < -0.39 is 25.2 Å². The SMILES string of the molecule is C[Si]1(C)N[Si](C)(C)N([SiH2]Br)[Si](C)(C)N1. The molecule has 0 saturated carbocycles. The van der Waals surface area contributed by atoms with Crippen molar-refractivity contribution < 1.29 is 0 Å². The molecule has 8 heteroatoms. The second-order valence-electron chi connectivity index (χ2n) is 5.54. The Morgan fingerprint density at radius 2 is 1.29 bits per heavy atom. The van der Waals surface area contributed by atoms with E-state index in [0.29, 0.717) is 0 Å². The van der Waals surface area contributed by atoms with Crippen LogP contribution in [0.15, 0.2) is 0 Å². The zero-order valence-electron chi connectivity index (χ0n) is 10.0. The van der Waals surface area contributed by atoms with Gasteiger partial charge in [-0.25, -0.2) is 0 Å². The number of nitrogens with one attached hydrogen (secondary N) is 2. The lowest BCUT2D eigenvalue weighted by Crippen LogP contribution is -2.88. The fraction of sp³-hybridized carbons (Fsp3) is 1.00. The molecule has 0 radical (unpaired) electrons. The first-order valence-corrected chi connectivity index (χ1v) is 18.5. The fourth-order valence-electron chi connectivity index (χ4n) is 2.69. The van der Waals surface area contributed by atoms with Crippen LogP contribution in [0, 0.1) is 0 Å². The van der Waals surface area contributed by atoms with Crippen LogP contribution in [0.3, 0.4) is 0 Å². The van der Waals surface area contributed by atoms with Gasteiger partial charge in [0.15, 0.2) is 33.5 Å². The predicted molar refractivity (Wildman–Crippen MR) is 78.0 cm³/mol. The maximum Gasteiger partial charge on any atom is 0.183 e. The lowest BCUT2D eigenvalue weighted by Gasteiger charge is -2.56. The molecule has 1 aliphatic rings. The highest BCUT2D eigenvalue weighted by Crippen LogP contribution is 2.23. The first-order chi connectivity index (χ1) is 6.11. The number of hydrogen-bond acceptors (Lipinski definition) is 3. The van der Waals surface area contributed by atoms with E-state index >= 15 is 0 Å². The third-order valence-electron chi connectivity index (χ3n) is 2.71. The third-order valence-corrected chi connectivity index (χ3v) is 28.9. The summed E-state index contributed by atoms with van der Waals surface area (Å²) < 4.78 is 10.6. The molecule has 1 fully saturated rings. The smallest absolute Gasteiger partial charge is 0.183 e. The standard InChI is InChI=1S/C6H22BrN3Si4/c1-12(2)8-13(3,4)10(11-7)14(5,6)9-12/h8-9H,11H2,1-6H3. The lowest BCUT2D eigenvalue weighted by molar-refractivity contribution is 0.853. The van der Waals surface area contributed by atoms with E-state index in [1.165, 1.54) is 0 Å². The molecule has 0 spiro atoms. The first-order valence-electron chi connectivity index (χ1n) is 5.03. The summed E-state index contributed by atoms with van der Waals surface area (Å²) in [6, 6.07) is 0. The molecular weight excluding hydrogens is 306 g/mol. The van der Waals surface area contributed by atoms with Gasteiger partial charge in [0.2, 0.25) is 0 Å². The molecule has 1 saturated heterocycles. The summed E-state index contributed by atoms with van der Waals surface area (Å²) in [6.07, 6.45) is 0. The van der Waals surface area contributed by atoms with Crippen molar-refractivity contribution >= 4 is 48.8 Å². The van der Waals surface area contributed by atoms with Gasteiger partial charge in [0.25, 0.3) is 0 Å². The Labute approximate surface area is 101 Å². The molecular formula is C6H22BrN3Si4. The van der Waals surface area contributed by atoms with Crippen molar-refractivity contribution in [2.75, 3.05) is 0 Å². The van der Waals surface area contributed by atoms with Crippen LogP contribution >= 0.6 is 15.3 Å². The summed E-state index contributed by atoms with van der Waals surface area (Å²) in [5.41, 5.74) is 0. The van der Waals surface area contributed by atoms with Gasteiger partial charge in [-0.2, -0.15) is 0 Å². The Hall–Kier alpha value is 1.23. The van der Waals surface area contributed by atoms with Crippen molar-refractivity contribution in [3.05, 3.63) is 0 Å². The molecule has 3 nitrogen and oxygen atoms in total. The van der Waals surface area contributed by atoms with Crippen molar-refractivity contribution in [1.29, 1.82) is 0 Å². The molecule has 0 aromatic rings. The van der Waals surface area contributed by atoms with Crippen molar-refractivity contribution in [3.8, 4) is 0 Å².